The van der Waals surface area contributed by atoms with Crippen molar-refractivity contribution in [2.24, 2.45) is 5.84 Å². The predicted molar refractivity (Wildman–Crippen MR) is 55.2 cm³/mol. The van der Waals surface area contributed by atoms with Gasteiger partial charge in [-0.15, -0.1) is 0 Å². The highest BCUT2D eigenvalue weighted by molar-refractivity contribution is 5.26. The maximum absolute atomic E-state index is 13.5. The number of benzene rings is 1. The number of nitrogens with zero attached hydrogens (tertiary/aromatic N) is 1. The first-order valence-electron chi connectivity index (χ1n) is 5.19. The third-order valence-electron chi connectivity index (χ3n) is 3.08. The van der Waals surface area contributed by atoms with E-state index in [0.717, 1.165) is 6.07 Å². The van der Waals surface area contributed by atoms with Crippen molar-refractivity contribution in [3.63, 3.8) is 0 Å². The van der Waals surface area contributed by atoms with Gasteiger partial charge in [-0.25, -0.2) is 13.8 Å². The van der Waals surface area contributed by atoms with E-state index >= 15 is 0 Å². The number of halogens is 2. The van der Waals surface area contributed by atoms with E-state index in [0.29, 0.717) is 25.9 Å². The van der Waals surface area contributed by atoms with E-state index in [4.69, 9.17) is 5.84 Å². The Bertz CT molecular complexity index is 390. The summed E-state index contributed by atoms with van der Waals surface area (Å²) in [6, 6.07) is 3.87. The molecule has 88 valence electrons. The van der Waals surface area contributed by atoms with Crippen molar-refractivity contribution in [1.29, 1.82) is 0 Å². The minimum absolute atomic E-state index is 0.0283. The van der Waals surface area contributed by atoms with Crippen LogP contribution in [0.1, 0.15) is 18.4 Å². The van der Waals surface area contributed by atoms with E-state index in [-0.39, 0.29) is 5.56 Å². The predicted octanol–water partition coefficient (Wildman–Crippen LogP) is 1.12. The van der Waals surface area contributed by atoms with Gasteiger partial charge < -0.3 is 5.11 Å². The maximum atomic E-state index is 13.5. The third kappa shape index (κ3) is 1.93. The minimum atomic E-state index is -1.30. The van der Waals surface area contributed by atoms with E-state index in [2.05, 4.69) is 0 Å². The molecule has 1 aliphatic rings. The minimum Gasteiger partial charge on any atom is -0.385 e. The van der Waals surface area contributed by atoms with E-state index in [1.807, 2.05) is 0 Å². The number of nitrogens with two attached hydrogens (primary N) is 1. The van der Waals surface area contributed by atoms with Crippen LogP contribution in [0.25, 0.3) is 0 Å². The van der Waals surface area contributed by atoms with Gasteiger partial charge in [0.05, 0.1) is 5.60 Å². The lowest BCUT2D eigenvalue weighted by molar-refractivity contribution is -0.0291. The molecule has 0 radical (unpaired) electrons. The van der Waals surface area contributed by atoms with Gasteiger partial charge in [0.2, 0.25) is 0 Å². The topological polar surface area (TPSA) is 49.5 Å². The summed E-state index contributed by atoms with van der Waals surface area (Å²) < 4.78 is 26.6. The zero-order valence-corrected chi connectivity index (χ0v) is 8.79. The summed E-state index contributed by atoms with van der Waals surface area (Å²) in [6.07, 6.45) is 0.619. The molecule has 2 rings (SSSR count). The summed E-state index contributed by atoms with van der Waals surface area (Å²) in [5.74, 6) is 3.66. The van der Waals surface area contributed by atoms with E-state index in [1.165, 1.54) is 12.1 Å². The Kier molecular flexibility index (Phi) is 2.92. The number of hydrogen-bond acceptors (Lipinski definition) is 3. The lowest BCUT2D eigenvalue weighted by atomic mass is 9.84. The van der Waals surface area contributed by atoms with Gasteiger partial charge in [-0.05, 0) is 18.9 Å². The monoisotopic (exact) mass is 228 g/mol. The Hall–Kier alpha value is -1.04. The molecular formula is C11H14F2N2O. The van der Waals surface area contributed by atoms with Crippen molar-refractivity contribution >= 4 is 0 Å². The van der Waals surface area contributed by atoms with Crippen LogP contribution in [-0.4, -0.2) is 23.2 Å². The molecule has 1 aliphatic heterocycles. The van der Waals surface area contributed by atoms with Gasteiger partial charge >= 0.3 is 0 Å². The van der Waals surface area contributed by atoms with Crippen LogP contribution in [0.5, 0.6) is 0 Å². The van der Waals surface area contributed by atoms with Gasteiger partial charge in [-0.3, -0.25) is 5.84 Å². The molecule has 5 heteroatoms. The van der Waals surface area contributed by atoms with Crippen molar-refractivity contribution in [3.8, 4) is 0 Å². The Morgan fingerprint density at radius 3 is 2.50 bits per heavy atom. The van der Waals surface area contributed by atoms with Crippen molar-refractivity contribution in [2.45, 2.75) is 18.4 Å². The van der Waals surface area contributed by atoms with E-state index in [1.54, 1.807) is 5.01 Å². The summed E-state index contributed by atoms with van der Waals surface area (Å²) in [6.45, 7) is 0.929. The second-order valence-corrected chi connectivity index (χ2v) is 4.17. The largest absolute Gasteiger partial charge is 0.385 e. The van der Waals surface area contributed by atoms with Gasteiger partial charge in [0.1, 0.15) is 0 Å². The van der Waals surface area contributed by atoms with E-state index < -0.39 is 17.2 Å². The van der Waals surface area contributed by atoms with Gasteiger partial charge in [0, 0.05) is 18.7 Å². The molecule has 3 N–H and O–H groups in total. The number of hydrazine groups is 1. The second-order valence-electron chi connectivity index (χ2n) is 4.17. The molecule has 0 aromatic heterocycles. The fraction of sp³-hybridized carbons (Fsp3) is 0.455. The lowest BCUT2D eigenvalue weighted by Gasteiger charge is -2.36. The molecule has 1 fully saturated rings. The van der Waals surface area contributed by atoms with Crippen LogP contribution in [0.3, 0.4) is 0 Å². The normalized spacial score (nSPS) is 21.0. The molecular weight excluding hydrogens is 214 g/mol. The van der Waals surface area contributed by atoms with Crippen molar-refractivity contribution in [2.75, 3.05) is 13.1 Å². The highest BCUT2D eigenvalue weighted by Gasteiger charge is 2.36. The zero-order chi connectivity index (χ0) is 11.8. The highest BCUT2D eigenvalue weighted by atomic mass is 19.2. The Balaban J connectivity index is 2.32. The summed E-state index contributed by atoms with van der Waals surface area (Å²) in [4.78, 5) is 0. The van der Waals surface area contributed by atoms with Crippen LogP contribution in [-0.2, 0) is 5.60 Å². The van der Waals surface area contributed by atoms with Crippen LogP contribution in [0.2, 0.25) is 0 Å². The first kappa shape index (κ1) is 11.4. The molecule has 1 heterocycles. The van der Waals surface area contributed by atoms with Crippen LogP contribution in [0.15, 0.2) is 18.2 Å². The van der Waals surface area contributed by atoms with Crippen LogP contribution in [0, 0.1) is 11.6 Å². The molecule has 0 spiro atoms. The Labute approximate surface area is 92.4 Å². The van der Waals surface area contributed by atoms with Gasteiger partial charge in [0.15, 0.2) is 11.6 Å². The highest BCUT2D eigenvalue weighted by Crippen LogP contribution is 2.34. The smallest absolute Gasteiger partial charge is 0.164 e. The molecule has 0 atom stereocenters. The average molecular weight is 228 g/mol. The Morgan fingerprint density at radius 2 is 1.88 bits per heavy atom. The summed E-state index contributed by atoms with van der Waals surface area (Å²) in [5, 5.41) is 11.8. The first-order valence-corrected chi connectivity index (χ1v) is 5.19. The first-order chi connectivity index (χ1) is 7.53. The molecule has 1 saturated heterocycles. The molecule has 1 aromatic rings. The second kappa shape index (κ2) is 4.08. The van der Waals surface area contributed by atoms with E-state index in [9.17, 15) is 13.9 Å². The van der Waals surface area contributed by atoms with Crippen molar-refractivity contribution in [1.82, 2.24) is 5.01 Å². The number of piperidine rings is 1. The molecule has 3 nitrogen and oxygen atoms in total. The maximum Gasteiger partial charge on any atom is 0.164 e. The number of hydrogen-bond donors (Lipinski definition) is 2. The summed E-state index contributed by atoms with van der Waals surface area (Å²) in [5.41, 5.74) is -1.28. The molecule has 0 saturated carbocycles. The zero-order valence-electron chi connectivity index (χ0n) is 8.79. The van der Waals surface area contributed by atoms with Gasteiger partial charge in [-0.1, -0.05) is 12.1 Å². The SMILES string of the molecule is NN1CCC(O)(c2cccc(F)c2F)CC1. The third-order valence-corrected chi connectivity index (χ3v) is 3.08. The van der Waals surface area contributed by atoms with Crippen molar-refractivity contribution < 1.29 is 13.9 Å². The molecule has 0 unspecified atom stereocenters. The molecule has 0 aliphatic carbocycles. The van der Waals surface area contributed by atoms with Crippen LogP contribution >= 0.6 is 0 Å². The van der Waals surface area contributed by atoms with Gasteiger partial charge in [-0.2, -0.15) is 0 Å². The molecule has 0 amide bonds. The lowest BCUT2D eigenvalue weighted by Crippen LogP contribution is -2.46. The average Bonchev–Trinajstić information content (AvgIpc) is 2.27. The number of rotatable bonds is 1. The summed E-state index contributed by atoms with van der Waals surface area (Å²) in [7, 11) is 0. The van der Waals surface area contributed by atoms with Crippen molar-refractivity contribution in [3.05, 3.63) is 35.4 Å². The van der Waals surface area contributed by atoms with Crippen LogP contribution < -0.4 is 5.84 Å². The molecule has 16 heavy (non-hydrogen) atoms. The fourth-order valence-electron chi connectivity index (χ4n) is 2.03. The fourth-order valence-corrected chi connectivity index (χ4v) is 2.03. The van der Waals surface area contributed by atoms with Crippen LogP contribution in [0.4, 0.5) is 8.78 Å². The quantitative estimate of drug-likeness (QED) is 0.708. The Morgan fingerprint density at radius 1 is 1.25 bits per heavy atom. The van der Waals surface area contributed by atoms with Gasteiger partial charge in [0.25, 0.3) is 0 Å². The molecule has 1 aromatic carbocycles. The number of aliphatic hydroxyl groups is 1. The standard InChI is InChI=1S/C11H14F2N2O/c12-9-3-1-2-8(10(9)13)11(16)4-6-15(14)7-5-11/h1-3,16H,4-7,14H2. The molecule has 0 bridgehead atoms. The summed E-state index contributed by atoms with van der Waals surface area (Å²) >= 11 is 0.